The minimum Gasteiger partial charge on any atom is -0.353 e. The highest BCUT2D eigenvalue weighted by Gasteiger charge is 2.15. The summed E-state index contributed by atoms with van der Waals surface area (Å²) in [5.74, 6) is 0.602. The molecule has 0 bridgehead atoms. The van der Waals surface area contributed by atoms with Crippen molar-refractivity contribution in [2.24, 2.45) is 4.99 Å². The highest BCUT2D eigenvalue weighted by atomic mass is 127. The first-order valence-electron chi connectivity index (χ1n) is 8.54. The monoisotopic (exact) mass is 489 g/mol. The molecule has 0 unspecified atom stereocenters. The van der Waals surface area contributed by atoms with E-state index in [1.54, 1.807) is 35.1 Å². The molecule has 1 amide bonds. The normalized spacial score (nSPS) is 10.6. The standard InChI is InChI=1S/C18H27N5O3.HI/c1-5-12-19-18(21(4)14-17(24)22(6-2)7-3)20-13-15-8-10-16(11-9-15)23(25)26;/h5,8-11H,1,6-7,12-14H2,2-4H3,(H,19,20);1H. The molecule has 0 aliphatic carbocycles. The van der Waals surface area contributed by atoms with E-state index >= 15 is 0 Å². The molecule has 0 heterocycles. The van der Waals surface area contributed by atoms with Crippen molar-refractivity contribution in [3.63, 3.8) is 0 Å². The van der Waals surface area contributed by atoms with Crippen molar-refractivity contribution in [1.29, 1.82) is 0 Å². The molecule has 1 rings (SSSR count). The number of amides is 1. The van der Waals surface area contributed by atoms with Crippen molar-refractivity contribution in [3.8, 4) is 0 Å². The molecule has 1 aromatic carbocycles. The lowest BCUT2D eigenvalue weighted by Crippen LogP contribution is -2.45. The summed E-state index contributed by atoms with van der Waals surface area (Å²) in [7, 11) is 1.80. The minimum absolute atomic E-state index is 0. The molecule has 0 radical (unpaired) electrons. The molecule has 0 fully saturated rings. The Morgan fingerprint density at radius 1 is 1.30 bits per heavy atom. The Bertz CT molecular complexity index is 645. The lowest BCUT2D eigenvalue weighted by atomic mass is 10.2. The van der Waals surface area contributed by atoms with Gasteiger partial charge in [-0.05, 0) is 19.4 Å². The van der Waals surface area contributed by atoms with Crippen LogP contribution >= 0.6 is 24.0 Å². The summed E-state index contributed by atoms with van der Waals surface area (Å²) in [5, 5.41) is 13.8. The van der Waals surface area contributed by atoms with E-state index in [1.807, 2.05) is 13.8 Å². The number of nitrogens with zero attached hydrogens (tertiary/aromatic N) is 4. The van der Waals surface area contributed by atoms with E-state index in [0.29, 0.717) is 32.1 Å². The summed E-state index contributed by atoms with van der Waals surface area (Å²) in [5.41, 5.74) is 0.890. The van der Waals surface area contributed by atoms with Gasteiger partial charge >= 0.3 is 0 Å². The van der Waals surface area contributed by atoms with Crippen LogP contribution in [-0.2, 0) is 11.3 Å². The van der Waals surface area contributed by atoms with Crippen LogP contribution in [0.3, 0.4) is 0 Å². The van der Waals surface area contributed by atoms with Gasteiger partial charge < -0.3 is 15.1 Å². The number of rotatable bonds is 9. The van der Waals surface area contributed by atoms with Crippen LogP contribution < -0.4 is 5.32 Å². The van der Waals surface area contributed by atoms with Gasteiger partial charge in [0.25, 0.3) is 5.69 Å². The number of aliphatic imine (C=N–C) groups is 1. The first-order valence-corrected chi connectivity index (χ1v) is 8.54. The fourth-order valence-electron chi connectivity index (χ4n) is 2.32. The van der Waals surface area contributed by atoms with Gasteiger partial charge in [0, 0.05) is 38.8 Å². The number of likely N-dealkylation sites (N-methyl/N-ethyl adjacent to an activating group) is 2. The van der Waals surface area contributed by atoms with Crippen LogP contribution in [0.15, 0.2) is 41.9 Å². The Morgan fingerprint density at radius 2 is 1.89 bits per heavy atom. The summed E-state index contributed by atoms with van der Waals surface area (Å²) < 4.78 is 0. The summed E-state index contributed by atoms with van der Waals surface area (Å²) in [6.45, 7) is 9.98. The number of hydrogen-bond donors (Lipinski definition) is 1. The molecular formula is C18H28IN5O3. The molecular weight excluding hydrogens is 461 g/mol. The maximum absolute atomic E-state index is 12.3. The first kappa shape index (κ1) is 24.8. The molecule has 0 aliphatic rings. The maximum Gasteiger partial charge on any atom is 0.269 e. The Labute approximate surface area is 177 Å². The summed E-state index contributed by atoms with van der Waals surface area (Å²) >= 11 is 0. The average Bonchev–Trinajstić information content (AvgIpc) is 2.63. The lowest BCUT2D eigenvalue weighted by molar-refractivity contribution is -0.384. The third-order valence-corrected chi connectivity index (χ3v) is 3.81. The van der Waals surface area contributed by atoms with Crippen LogP contribution in [0, 0.1) is 10.1 Å². The molecule has 0 spiro atoms. The first-order chi connectivity index (χ1) is 12.4. The SMILES string of the molecule is C=CCNC(=NCc1ccc([N+](=O)[O-])cc1)N(C)CC(=O)N(CC)CC.I. The predicted octanol–water partition coefficient (Wildman–Crippen LogP) is 2.64. The zero-order valence-corrected chi connectivity index (χ0v) is 18.4. The molecule has 1 N–H and O–H groups in total. The van der Waals surface area contributed by atoms with Crippen molar-refractivity contribution in [3.05, 3.63) is 52.6 Å². The number of guanidine groups is 1. The largest absolute Gasteiger partial charge is 0.353 e. The second kappa shape index (κ2) is 13.1. The van der Waals surface area contributed by atoms with Crippen LogP contribution in [0.25, 0.3) is 0 Å². The number of nitro groups is 1. The highest BCUT2D eigenvalue weighted by Crippen LogP contribution is 2.12. The number of hydrogen-bond acceptors (Lipinski definition) is 4. The van der Waals surface area contributed by atoms with Gasteiger partial charge in [-0.3, -0.25) is 14.9 Å². The van der Waals surface area contributed by atoms with Crippen molar-refractivity contribution in [2.75, 3.05) is 33.2 Å². The van der Waals surface area contributed by atoms with E-state index in [0.717, 1.165) is 5.56 Å². The predicted molar refractivity (Wildman–Crippen MR) is 118 cm³/mol. The number of non-ortho nitro benzene ring substituents is 1. The Balaban J connectivity index is 0.00000676. The molecule has 0 aromatic heterocycles. The summed E-state index contributed by atoms with van der Waals surface area (Å²) in [4.78, 5) is 30.6. The molecule has 0 saturated carbocycles. The van der Waals surface area contributed by atoms with E-state index in [2.05, 4.69) is 16.9 Å². The van der Waals surface area contributed by atoms with Crippen LogP contribution in [0.2, 0.25) is 0 Å². The zero-order valence-electron chi connectivity index (χ0n) is 16.1. The van der Waals surface area contributed by atoms with E-state index in [4.69, 9.17) is 0 Å². The van der Waals surface area contributed by atoms with E-state index < -0.39 is 4.92 Å². The van der Waals surface area contributed by atoms with E-state index in [9.17, 15) is 14.9 Å². The van der Waals surface area contributed by atoms with Gasteiger partial charge in [0.2, 0.25) is 5.91 Å². The van der Waals surface area contributed by atoms with Gasteiger partial charge in [0.1, 0.15) is 0 Å². The number of carbonyl (C=O) groups is 1. The van der Waals surface area contributed by atoms with Crippen molar-refractivity contribution in [1.82, 2.24) is 15.1 Å². The maximum atomic E-state index is 12.3. The fourth-order valence-corrected chi connectivity index (χ4v) is 2.32. The second-order valence-electron chi connectivity index (χ2n) is 5.66. The lowest BCUT2D eigenvalue weighted by Gasteiger charge is -2.25. The minimum atomic E-state index is -0.434. The molecule has 9 heteroatoms. The van der Waals surface area contributed by atoms with Crippen LogP contribution in [0.1, 0.15) is 19.4 Å². The quantitative estimate of drug-likeness (QED) is 0.144. The van der Waals surface area contributed by atoms with E-state index in [1.165, 1.54) is 12.1 Å². The fraction of sp³-hybridized carbons (Fsp3) is 0.444. The number of nitro benzene ring substituents is 1. The third kappa shape index (κ3) is 8.37. The number of halogens is 1. The van der Waals surface area contributed by atoms with Gasteiger partial charge in [-0.1, -0.05) is 18.2 Å². The molecule has 27 heavy (non-hydrogen) atoms. The molecule has 0 saturated heterocycles. The molecule has 0 aliphatic heterocycles. The third-order valence-electron chi connectivity index (χ3n) is 3.81. The molecule has 150 valence electrons. The van der Waals surface area contributed by atoms with Crippen molar-refractivity contribution >= 4 is 41.5 Å². The van der Waals surface area contributed by atoms with Crippen LogP contribution in [0.5, 0.6) is 0 Å². The van der Waals surface area contributed by atoms with Crippen LogP contribution in [-0.4, -0.2) is 59.8 Å². The van der Waals surface area contributed by atoms with Gasteiger partial charge in [-0.15, -0.1) is 30.6 Å². The van der Waals surface area contributed by atoms with Gasteiger partial charge in [-0.2, -0.15) is 0 Å². The second-order valence-corrected chi connectivity index (χ2v) is 5.66. The average molecular weight is 489 g/mol. The van der Waals surface area contributed by atoms with Crippen molar-refractivity contribution < 1.29 is 9.72 Å². The van der Waals surface area contributed by atoms with Crippen molar-refractivity contribution in [2.45, 2.75) is 20.4 Å². The number of carbonyl (C=O) groups excluding carboxylic acids is 1. The summed E-state index contributed by atoms with van der Waals surface area (Å²) in [6, 6.07) is 6.26. The molecule has 1 aromatic rings. The number of benzene rings is 1. The Hall–Kier alpha value is -2.17. The number of nitrogens with one attached hydrogen (secondary N) is 1. The van der Waals surface area contributed by atoms with Gasteiger partial charge in [0.05, 0.1) is 18.0 Å². The Kier molecular flexibility index (Phi) is 12.0. The van der Waals surface area contributed by atoms with E-state index in [-0.39, 0.29) is 42.1 Å². The summed E-state index contributed by atoms with van der Waals surface area (Å²) in [6.07, 6.45) is 1.71. The highest BCUT2D eigenvalue weighted by molar-refractivity contribution is 14.0. The molecule has 8 nitrogen and oxygen atoms in total. The van der Waals surface area contributed by atoms with Crippen LogP contribution in [0.4, 0.5) is 5.69 Å². The smallest absolute Gasteiger partial charge is 0.269 e. The zero-order chi connectivity index (χ0) is 19.5. The Morgan fingerprint density at radius 3 is 2.37 bits per heavy atom. The molecule has 0 atom stereocenters. The van der Waals surface area contributed by atoms with Gasteiger partial charge in [0.15, 0.2) is 5.96 Å². The van der Waals surface area contributed by atoms with Gasteiger partial charge in [-0.25, -0.2) is 4.99 Å². The topological polar surface area (TPSA) is 91.1 Å².